The van der Waals surface area contributed by atoms with Crippen LogP contribution >= 0.6 is 0 Å². The van der Waals surface area contributed by atoms with Gasteiger partial charge in [-0.15, -0.1) is 0 Å². The fraction of sp³-hybridized carbons (Fsp3) is 0.500. The van der Waals surface area contributed by atoms with Gasteiger partial charge in [-0.2, -0.15) is 5.26 Å². The molecule has 0 unspecified atom stereocenters. The highest BCUT2D eigenvalue weighted by Crippen LogP contribution is 2.16. The van der Waals surface area contributed by atoms with Crippen molar-refractivity contribution >= 4 is 19.1 Å². The second-order valence-corrected chi connectivity index (χ2v) is 5.00. The van der Waals surface area contributed by atoms with Gasteiger partial charge < -0.3 is 0 Å². The SMILES string of the molecule is Bc1cnc(C#N)nc1N(N)CC(C)(C)C. The predicted octanol–water partition coefficient (Wildman–Crippen LogP) is -0.667. The van der Waals surface area contributed by atoms with Gasteiger partial charge in [-0.05, 0) is 10.9 Å². The highest BCUT2D eigenvalue weighted by atomic mass is 15.4. The molecule has 1 aromatic heterocycles. The maximum Gasteiger partial charge on any atom is 0.234 e. The molecule has 1 heterocycles. The molecule has 1 rings (SSSR count). The van der Waals surface area contributed by atoms with Crippen LogP contribution in [-0.4, -0.2) is 24.4 Å². The second-order valence-electron chi connectivity index (χ2n) is 5.00. The Morgan fingerprint density at radius 1 is 1.56 bits per heavy atom. The van der Waals surface area contributed by atoms with Crippen LogP contribution in [-0.2, 0) is 0 Å². The summed E-state index contributed by atoms with van der Waals surface area (Å²) in [6, 6.07) is 1.91. The standard InChI is InChI=1S/C10H16BN5/c1-10(2,3)6-16(13)9-7(11)5-14-8(4-12)15-9/h5H,6,11,13H2,1-3H3. The monoisotopic (exact) mass is 217 g/mol. The Bertz CT molecular complexity index is 418. The normalized spacial score (nSPS) is 10.9. The molecule has 0 amide bonds. The van der Waals surface area contributed by atoms with E-state index in [-0.39, 0.29) is 11.2 Å². The van der Waals surface area contributed by atoms with Crippen molar-refractivity contribution in [2.45, 2.75) is 20.8 Å². The summed E-state index contributed by atoms with van der Waals surface area (Å²) in [5.41, 5.74) is 0.935. The first kappa shape index (κ1) is 12.5. The summed E-state index contributed by atoms with van der Waals surface area (Å²) in [5, 5.41) is 10.3. The lowest BCUT2D eigenvalue weighted by molar-refractivity contribution is 0.411. The number of nitriles is 1. The van der Waals surface area contributed by atoms with Crippen LogP contribution in [0, 0.1) is 16.7 Å². The van der Waals surface area contributed by atoms with Crippen LogP contribution in [0.2, 0.25) is 0 Å². The molecule has 0 aliphatic heterocycles. The zero-order valence-electron chi connectivity index (χ0n) is 10.2. The van der Waals surface area contributed by atoms with Gasteiger partial charge >= 0.3 is 0 Å². The molecule has 2 N–H and O–H groups in total. The molecular weight excluding hydrogens is 201 g/mol. The minimum atomic E-state index is 0.0684. The zero-order valence-corrected chi connectivity index (χ0v) is 10.2. The van der Waals surface area contributed by atoms with E-state index >= 15 is 0 Å². The first-order valence-electron chi connectivity index (χ1n) is 5.09. The van der Waals surface area contributed by atoms with E-state index in [9.17, 15) is 0 Å². The van der Waals surface area contributed by atoms with E-state index in [4.69, 9.17) is 11.1 Å². The third-order valence-electron chi connectivity index (χ3n) is 1.96. The van der Waals surface area contributed by atoms with Crippen molar-refractivity contribution in [3.8, 4) is 6.07 Å². The molecule has 1 aromatic rings. The van der Waals surface area contributed by atoms with Crippen LogP contribution in [0.15, 0.2) is 6.20 Å². The van der Waals surface area contributed by atoms with Gasteiger partial charge in [0, 0.05) is 12.7 Å². The maximum absolute atomic E-state index is 8.73. The molecule has 0 fully saturated rings. The van der Waals surface area contributed by atoms with E-state index in [0.29, 0.717) is 12.4 Å². The number of anilines is 1. The summed E-state index contributed by atoms with van der Waals surface area (Å²) < 4.78 is 0. The van der Waals surface area contributed by atoms with Gasteiger partial charge in [-0.3, -0.25) is 5.01 Å². The number of hydrogen-bond donors (Lipinski definition) is 1. The summed E-state index contributed by atoms with van der Waals surface area (Å²) in [6.07, 6.45) is 1.61. The number of hydrazine groups is 1. The zero-order chi connectivity index (χ0) is 12.3. The van der Waals surface area contributed by atoms with Gasteiger partial charge in [-0.25, -0.2) is 15.8 Å². The van der Waals surface area contributed by atoms with Crippen molar-refractivity contribution in [3.63, 3.8) is 0 Å². The van der Waals surface area contributed by atoms with Gasteiger partial charge in [-0.1, -0.05) is 20.8 Å². The lowest BCUT2D eigenvalue weighted by Crippen LogP contribution is -2.42. The molecule has 6 heteroatoms. The Hall–Kier alpha value is -1.61. The van der Waals surface area contributed by atoms with Crippen molar-refractivity contribution in [1.29, 1.82) is 5.26 Å². The molecule has 0 aliphatic carbocycles. The van der Waals surface area contributed by atoms with Crippen LogP contribution in [0.25, 0.3) is 0 Å². The van der Waals surface area contributed by atoms with Crippen molar-refractivity contribution in [2.75, 3.05) is 11.6 Å². The van der Waals surface area contributed by atoms with E-state index < -0.39 is 0 Å². The molecule has 0 saturated heterocycles. The molecule has 5 nitrogen and oxygen atoms in total. The lowest BCUT2D eigenvalue weighted by Gasteiger charge is -2.27. The van der Waals surface area contributed by atoms with Crippen LogP contribution in [0.3, 0.4) is 0 Å². The van der Waals surface area contributed by atoms with Gasteiger partial charge in [0.2, 0.25) is 5.82 Å². The quantitative estimate of drug-likeness (QED) is 0.404. The van der Waals surface area contributed by atoms with Gasteiger partial charge in [0.25, 0.3) is 0 Å². The molecule has 0 aromatic carbocycles. The third-order valence-corrected chi connectivity index (χ3v) is 1.96. The Kier molecular flexibility index (Phi) is 3.50. The average Bonchev–Trinajstić information content (AvgIpc) is 2.15. The number of rotatable bonds is 2. The summed E-state index contributed by atoms with van der Waals surface area (Å²) in [7, 11) is 1.87. The van der Waals surface area contributed by atoms with Crippen LogP contribution in [0.4, 0.5) is 5.82 Å². The first-order chi connectivity index (χ1) is 7.33. The van der Waals surface area contributed by atoms with Crippen molar-refractivity contribution < 1.29 is 0 Å². The number of nitrogens with zero attached hydrogens (tertiary/aromatic N) is 4. The largest absolute Gasteiger partial charge is 0.295 e. The molecule has 0 aliphatic rings. The Morgan fingerprint density at radius 2 is 2.19 bits per heavy atom. The Morgan fingerprint density at radius 3 is 2.69 bits per heavy atom. The Labute approximate surface area is 96.7 Å². The highest BCUT2D eigenvalue weighted by Gasteiger charge is 2.17. The van der Waals surface area contributed by atoms with Crippen LogP contribution in [0.1, 0.15) is 26.6 Å². The Balaban J connectivity index is 2.99. The summed E-state index contributed by atoms with van der Waals surface area (Å²) in [6.45, 7) is 6.94. The molecule has 0 spiro atoms. The minimum Gasteiger partial charge on any atom is -0.295 e. The van der Waals surface area contributed by atoms with Crippen molar-refractivity contribution in [1.82, 2.24) is 9.97 Å². The average molecular weight is 217 g/mol. The molecule has 0 saturated carbocycles. The van der Waals surface area contributed by atoms with Crippen LogP contribution in [0.5, 0.6) is 0 Å². The van der Waals surface area contributed by atoms with Gasteiger partial charge in [0.05, 0.1) is 0 Å². The van der Waals surface area contributed by atoms with E-state index in [1.807, 2.05) is 13.9 Å². The number of aromatic nitrogens is 2. The fourth-order valence-electron chi connectivity index (χ4n) is 1.36. The smallest absolute Gasteiger partial charge is 0.234 e. The topological polar surface area (TPSA) is 78.8 Å². The third kappa shape index (κ3) is 3.21. The maximum atomic E-state index is 8.73. The van der Waals surface area contributed by atoms with E-state index in [1.54, 1.807) is 11.2 Å². The predicted molar refractivity (Wildman–Crippen MR) is 65.9 cm³/mol. The van der Waals surface area contributed by atoms with E-state index in [2.05, 4.69) is 30.7 Å². The van der Waals surface area contributed by atoms with Crippen molar-refractivity contribution in [3.05, 3.63) is 12.0 Å². The molecule has 16 heavy (non-hydrogen) atoms. The molecular formula is C10H16BN5. The molecule has 84 valence electrons. The number of nitrogens with two attached hydrogens (primary N) is 1. The van der Waals surface area contributed by atoms with Gasteiger partial charge in [0.1, 0.15) is 19.7 Å². The minimum absolute atomic E-state index is 0.0684. The first-order valence-corrected chi connectivity index (χ1v) is 5.09. The number of hydrogen-bond acceptors (Lipinski definition) is 5. The van der Waals surface area contributed by atoms with E-state index in [1.165, 1.54) is 0 Å². The fourth-order valence-corrected chi connectivity index (χ4v) is 1.36. The summed E-state index contributed by atoms with van der Waals surface area (Å²) >= 11 is 0. The summed E-state index contributed by atoms with van der Waals surface area (Å²) in [4.78, 5) is 7.99. The molecule has 0 radical (unpaired) electrons. The van der Waals surface area contributed by atoms with Gasteiger partial charge in [0.15, 0.2) is 0 Å². The summed E-state index contributed by atoms with van der Waals surface area (Å²) in [5.74, 6) is 6.70. The van der Waals surface area contributed by atoms with E-state index in [0.717, 1.165) is 5.46 Å². The van der Waals surface area contributed by atoms with Crippen molar-refractivity contribution in [2.24, 2.45) is 11.3 Å². The lowest BCUT2D eigenvalue weighted by atomic mass is 9.95. The molecule has 0 atom stereocenters. The van der Waals surface area contributed by atoms with Crippen LogP contribution < -0.4 is 16.3 Å². The highest BCUT2D eigenvalue weighted by molar-refractivity contribution is 6.35. The molecule has 0 bridgehead atoms. The second kappa shape index (κ2) is 4.50.